The van der Waals surface area contributed by atoms with Gasteiger partial charge in [0.05, 0.1) is 0 Å². The summed E-state index contributed by atoms with van der Waals surface area (Å²) in [6, 6.07) is 0. The fraction of sp³-hybridized carbons (Fsp3) is 0.333. The average Bonchev–Trinajstić information content (AvgIpc) is 2.05. The first-order valence-electron chi connectivity index (χ1n) is 4.65. The Morgan fingerprint density at radius 3 is 1.42 bits per heavy atom. The topological polar surface area (TPSA) is 0 Å². The van der Waals surface area contributed by atoms with E-state index < -0.39 is 0 Å². The molecule has 0 heterocycles. The Morgan fingerprint density at radius 2 is 0.917 bits per heavy atom. The van der Waals surface area contributed by atoms with E-state index in [2.05, 4.69) is 48.6 Å². The van der Waals surface area contributed by atoms with Crippen LogP contribution in [0.2, 0.25) is 0 Å². The fourth-order valence-corrected chi connectivity index (χ4v) is 1.13. The fourth-order valence-electron chi connectivity index (χ4n) is 1.13. The van der Waals surface area contributed by atoms with Crippen molar-refractivity contribution in [1.29, 1.82) is 0 Å². The van der Waals surface area contributed by atoms with E-state index in [4.69, 9.17) is 0 Å². The minimum Gasteiger partial charge on any atom is -0.0845 e. The van der Waals surface area contributed by atoms with Crippen LogP contribution in [0.25, 0.3) is 0 Å². The number of hydrogen-bond donors (Lipinski definition) is 0. The van der Waals surface area contributed by atoms with Crippen molar-refractivity contribution < 1.29 is 0 Å². The van der Waals surface area contributed by atoms with Crippen LogP contribution in [0.4, 0.5) is 0 Å². The molecule has 0 aromatic carbocycles. The zero-order valence-electron chi connectivity index (χ0n) is 7.45. The Hall–Kier alpha value is -1.04. The minimum atomic E-state index is 1.21. The summed E-state index contributed by atoms with van der Waals surface area (Å²) in [6.07, 6.45) is 22.0. The van der Waals surface area contributed by atoms with Crippen molar-refractivity contribution >= 4 is 0 Å². The Balaban J connectivity index is 2.43. The summed E-state index contributed by atoms with van der Waals surface area (Å²) in [5.74, 6) is 0. The molecule has 0 fully saturated rings. The third-order valence-corrected chi connectivity index (χ3v) is 1.82. The lowest BCUT2D eigenvalue weighted by atomic mass is 10.1. The molecule has 0 radical (unpaired) electrons. The molecule has 0 heteroatoms. The van der Waals surface area contributed by atoms with E-state index in [-0.39, 0.29) is 0 Å². The van der Waals surface area contributed by atoms with Crippen molar-refractivity contribution in [2.24, 2.45) is 0 Å². The van der Waals surface area contributed by atoms with Gasteiger partial charge in [-0.3, -0.25) is 0 Å². The number of rotatable bonds is 0. The normalized spacial score (nSPS) is 29.3. The maximum absolute atomic E-state index is 2.23. The molecular formula is C12H16. The van der Waals surface area contributed by atoms with E-state index in [0.717, 1.165) is 0 Å². The molecule has 0 saturated heterocycles. The number of allylic oxidation sites excluding steroid dienone is 8. The van der Waals surface area contributed by atoms with Crippen LogP contribution >= 0.6 is 0 Å². The molecule has 64 valence electrons. The second-order valence-corrected chi connectivity index (χ2v) is 2.91. The lowest BCUT2D eigenvalue weighted by Gasteiger charge is -1.92. The summed E-state index contributed by atoms with van der Waals surface area (Å²) in [5, 5.41) is 0. The highest BCUT2D eigenvalue weighted by molar-refractivity contribution is 5.15. The van der Waals surface area contributed by atoms with Gasteiger partial charge in [-0.25, -0.2) is 0 Å². The minimum absolute atomic E-state index is 1.21. The van der Waals surface area contributed by atoms with Crippen LogP contribution in [0.3, 0.4) is 0 Å². The second kappa shape index (κ2) is 6.66. The van der Waals surface area contributed by atoms with Gasteiger partial charge in [-0.1, -0.05) is 48.6 Å². The lowest BCUT2D eigenvalue weighted by molar-refractivity contribution is 0.762. The largest absolute Gasteiger partial charge is 0.0845 e. The summed E-state index contributed by atoms with van der Waals surface area (Å²) >= 11 is 0. The Morgan fingerprint density at radius 1 is 0.500 bits per heavy atom. The molecule has 12 heavy (non-hydrogen) atoms. The highest BCUT2D eigenvalue weighted by Gasteiger charge is 1.82. The van der Waals surface area contributed by atoms with E-state index in [0.29, 0.717) is 0 Å². The third-order valence-electron chi connectivity index (χ3n) is 1.82. The molecule has 0 aromatic heterocycles. The Labute approximate surface area is 75.0 Å². The van der Waals surface area contributed by atoms with Crippen molar-refractivity contribution in [3.8, 4) is 0 Å². The molecular weight excluding hydrogens is 144 g/mol. The molecule has 0 aromatic rings. The van der Waals surface area contributed by atoms with Crippen molar-refractivity contribution in [2.45, 2.75) is 25.7 Å². The van der Waals surface area contributed by atoms with Gasteiger partial charge in [0.25, 0.3) is 0 Å². The van der Waals surface area contributed by atoms with Crippen LogP contribution in [-0.2, 0) is 0 Å². The van der Waals surface area contributed by atoms with Gasteiger partial charge in [0.15, 0.2) is 0 Å². The van der Waals surface area contributed by atoms with Crippen molar-refractivity contribution in [3.05, 3.63) is 48.6 Å². The molecule has 1 aliphatic rings. The van der Waals surface area contributed by atoms with Crippen LogP contribution in [0.15, 0.2) is 48.6 Å². The summed E-state index contributed by atoms with van der Waals surface area (Å²) in [4.78, 5) is 0. The summed E-state index contributed by atoms with van der Waals surface area (Å²) in [6.45, 7) is 0. The van der Waals surface area contributed by atoms with Gasteiger partial charge in [-0.05, 0) is 25.7 Å². The van der Waals surface area contributed by atoms with E-state index in [9.17, 15) is 0 Å². The second-order valence-electron chi connectivity index (χ2n) is 2.91. The van der Waals surface area contributed by atoms with Crippen LogP contribution in [-0.4, -0.2) is 0 Å². The zero-order valence-corrected chi connectivity index (χ0v) is 7.45. The average molecular weight is 160 g/mol. The maximum Gasteiger partial charge on any atom is -0.0347 e. The summed E-state index contributed by atoms with van der Waals surface area (Å²) < 4.78 is 0. The van der Waals surface area contributed by atoms with Gasteiger partial charge in [-0.2, -0.15) is 0 Å². The monoisotopic (exact) mass is 160 g/mol. The van der Waals surface area contributed by atoms with Crippen LogP contribution in [0.1, 0.15) is 25.7 Å². The molecule has 0 atom stereocenters. The van der Waals surface area contributed by atoms with Crippen molar-refractivity contribution in [1.82, 2.24) is 0 Å². The predicted octanol–water partition coefficient (Wildman–Crippen LogP) is 3.79. The maximum atomic E-state index is 2.23. The van der Waals surface area contributed by atoms with Crippen LogP contribution in [0.5, 0.6) is 0 Å². The molecule has 0 bridgehead atoms. The van der Waals surface area contributed by atoms with Gasteiger partial charge in [-0.15, -0.1) is 0 Å². The van der Waals surface area contributed by atoms with Gasteiger partial charge in [0, 0.05) is 0 Å². The first-order valence-corrected chi connectivity index (χ1v) is 4.65. The van der Waals surface area contributed by atoms with Crippen molar-refractivity contribution in [3.63, 3.8) is 0 Å². The lowest BCUT2D eigenvalue weighted by Crippen LogP contribution is -1.72. The molecule has 1 rings (SSSR count). The van der Waals surface area contributed by atoms with E-state index in [1.165, 1.54) is 25.7 Å². The molecule has 0 aliphatic heterocycles. The molecule has 0 N–H and O–H groups in total. The highest BCUT2D eigenvalue weighted by atomic mass is 13.9. The first-order chi connectivity index (χ1) is 6.00. The van der Waals surface area contributed by atoms with Gasteiger partial charge in [0.2, 0.25) is 0 Å². The van der Waals surface area contributed by atoms with Crippen LogP contribution in [0, 0.1) is 0 Å². The van der Waals surface area contributed by atoms with Crippen LogP contribution < -0.4 is 0 Å². The van der Waals surface area contributed by atoms with E-state index >= 15 is 0 Å². The SMILES string of the molecule is C1=C\C=C\CCCC/C=C/C=C/1. The van der Waals surface area contributed by atoms with E-state index in [1.807, 2.05) is 0 Å². The standard InChI is InChI=1S/C12H16/c1-2-4-6-8-10-12-11-9-7-5-3-1/h1-8H,9-12H2/b3-1-,4-2+,7-5+,8-6+. The van der Waals surface area contributed by atoms with Gasteiger partial charge >= 0.3 is 0 Å². The predicted molar refractivity (Wildman–Crippen MR) is 55.0 cm³/mol. The third kappa shape index (κ3) is 4.73. The first kappa shape index (κ1) is 9.05. The quantitative estimate of drug-likeness (QED) is 0.506. The molecule has 0 amide bonds. The van der Waals surface area contributed by atoms with Crippen molar-refractivity contribution in [2.75, 3.05) is 0 Å². The molecule has 0 saturated carbocycles. The summed E-state index contributed by atoms with van der Waals surface area (Å²) in [5.41, 5.74) is 0. The van der Waals surface area contributed by atoms with Gasteiger partial charge in [0.1, 0.15) is 0 Å². The highest BCUT2D eigenvalue weighted by Crippen LogP contribution is 2.02. The zero-order chi connectivity index (χ0) is 8.49. The molecule has 0 nitrogen and oxygen atoms in total. The Bertz CT molecular complexity index is 180. The van der Waals surface area contributed by atoms with E-state index in [1.54, 1.807) is 0 Å². The molecule has 1 aliphatic carbocycles. The Kier molecular flexibility index (Phi) is 5.02. The number of hydrogen-bond acceptors (Lipinski definition) is 0. The molecule has 0 unspecified atom stereocenters. The molecule has 0 spiro atoms. The summed E-state index contributed by atoms with van der Waals surface area (Å²) in [7, 11) is 0. The smallest absolute Gasteiger partial charge is 0.0347 e. The van der Waals surface area contributed by atoms with Gasteiger partial charge < -0.3 is 0 Å².